The van der Waals surface area contributed by atoms with Crippen LogP contribution in [0.5, 0.6) is 0 Å². The van der Waals surface area contributed by atoms with Crippen molar-refractivity contribution in [2.24, 2.45) is 0 Å². The smallest absolute Gasteiger partial charge is 0.255 e. The molecular weight excluding hydrogens is 288 g/mol. The number of benzene rings is 2. The molecule has 2 N–H and O–H groups in total. The highest BCUT2D eigenvalue weighted by molar-refractivity contribution is 6.04. The maximum Gasteiger partial charge on any atom is 0.255 e. The number of carbonyl (C=O) groups is 2. The number of aryl methyl sites for hydroxylation is 1. The summed E-state index contributed by atoms with van der Waals surface area (Å²) in [5, 5.41) is 5.70. The van der Waals surface area contributed by atoms with Crippen LogP contribution in [0.1, 0.15) is 42.1 Å². The van der Waals surface area contributed by atoms with Crippen molar-refractivity contribution in [3.63, 3.8) is 0 Å². The van der Waals surface area contributed by atoms with Crippen LogP contribution >= 0.6 is 0 Å². The molecule has 0 unspecified atom stereocenters. The van der Waals surface area contributed by atoms with Crippen molar-refractivity contribution >= 4 is 23.2 Å². The number of amides is 2. The lowest BCUT2D eigenvalue weighted by Crippen LogP contribution is -2.13. The van der Waals surface area contributed by atoms with E-state index in [1.54, 1.807) is 24.3 Å². The second kappa shape index (κ2) is 8.13. The van der Waals surface area contributed by atoms with Crippen LogP contribution < -0.4 is 10.6 Å². The van der Waals surface area contributed by atoms with E-state index >= 15 is 0 Å². The summed E-state index contributed by atoms with van der Waals surface area (Å²) >= 11 is 0. The van der Waals surface area contributed by atoms with Crippen molar-refractivity contribution in [2.45, 2.75) is 33.1 Å². The van der Waals surface area contributed by atoms with E-state index < -0.39 is 0 Å². The van der Waals surface area contributed by atoms with Gasteiger partial charge in [-0.3, -0.25) is 9.59 Å². The summed E-state index contributed by atoms with van der Waals surface area (Å²) in [6.45, 7) is 4.00. The molecule has 23 heavy (non-hydrogen) atoms. The summed E-state index contributed by atoms with van der Waals surface area (Å²) in [5.41, 5.74) is 3.00. The largest absolute Gasteiger partial charge is 0.326 e. The number of hydrogen-bond acceptors (Lipinski definition) is 2. The molecule has 0 radical (unpaired) electrons. The second-order valence-corrected chi connectivity index (χ2v) is 5.56. The summed E-state index contributed by atoms with van der Waals surface area (Å²) in [4.78, 5) is 24.0. The Balaban J connectivity index is 2.02. The minimum atomic E-state index is -0.164. The molecule has 2 amide bonds. The number of rotatable bonds is 6. The van der Waals surface area contributed by atoms with E-state index in [9.17, 15) is 9.59 Å². The molecule has 0 aliphatic rings. The Labute approximate surface area is 136 Å². The normalized spacial score (nSPS) is 10.2. The van der Waals surface area contributed by atoms with Gasteiger partial charge in [-0.25, -0.2) is 0 Å². The first-order valence-corrected chi connectivity index (χ1v) is 7.86. The Morgan fingerprint density at radius 3 is 2.35 bits per heavy atom. The molecule has 2 rings (SSSR count). The van der Waals surface area contributed by atoms with Gasteiger partial charge in [-0.05, 0) is 43.7 Å². The first kappa shape index (κ1) is 16.7. The summed E-state index contributed by atoms with van der Waals surface area (Å²) in [6.07, 6.45) is 2.37. The van der Waals surface area contributed by atoms with Crippen molar-refractivity contribution < 1.29 is 9.59 Å². The van der Waals surface area contributed by atoms with Crippen molar-refractivity contribution in [1.82, 2.24) is 0 Å². The lowest BCUT2D eigenvalue weighted by molar-refractivity contribution is -0.116. The van der Waals surface area contributed by atoms with Crippen LogP contribution in [0.4, 0.5) is 11.4 Å². The number of anilines is 2. The fraction of sp³-hybridized carbons (Fsp3) is 0.263. The molecule has 2 aromatic rings. The Hall–Kier alpha value is -2.62. The molecule has 0 aliphatic heterocycles. The first-order valence-electron chi connectivity index (χ1n) is 7.86. The molecule has 0 heterocycles. The third-order valence-electron chi connectivity index (χ3n) is 3.44. The predicted molar refractivity (Wildman–Crippen MR) is 93.7 cm³/mol. The third-order valence-corrected chi connectivity index (χ3v) is 3.44. The minimum absolute atomic E-state index is 0.00555. The van der Waals surface area contributed by atoms with Crippen molar-refractivity contribution in [2.75, 3.05) is 10.6 Å². The number of nitrogens with one attached hydrogen (secondary N) is 2. The molecule has 2 aromatic carbocycles. The zero-order valence-corrected chi connectivity index (χ0v) is 13.6. The monoisotopic (exact) mass is 310 g/mol. The number of carbonyl (C=O) groups excluding carboxylic acids is 2. The molecule has 0 bridgehead atoms. The molecule has 0 spiro atoms. The maximum absolute atomic E-state index is 12.2. The van der Waals surface area contributed by atoms with E-state index in [0.29, 0.717) is 23.4 Å². The van der Waals surface area contributed by atoms with E-state index in [4.69, 9.17) is 0 Å². The summed E-state index contributed by atoms with van der Waals surface area (Å²) in [6, 6.07) is 14.6. The molecule has 0 aliphatic carbocycles. The fourth-order valence-electron chi connectivity index (χ4n) is 2.23. The Bertz CT molecular complexity index is 695. The topological polar surface area (TPSA) is 58.2 Å². The van der Waals surface area contributed by atoms with E-state index in [2.05, 4.69) is 17.6 Å². The van der Waals surface area contributed by atoms with Crippen LogP contribution in [0.15, 0.2) is 48.5 Å². The molecule has 120 valence electrons. The second-order valence-electron chi connectivity index (χ2n) is 5.56. The first-order chi connectivity index (χ1) is 11.1. The average molecular weight is 310 g/mol. The molecule has 0 saturated heterocycles. The number of hydrogen-bond donors (Lipinski definition) is 2. The summed E-state index contributed by atoms with van der Waals surface area (Å²) in [7, 11) is 0. The molecular formula is C19H22N2O2. The molecule has 4 nitrogen and oxygen atoms in total. The minimum Gasteiger partial charge on any atom is -0.326 e. The van der Waals surface area contributed by atoms with Crippen molar-refractivity contribution in [1.29, 1.82) is 0 Å². The molecule has 0 fully saturated rings. The zero-order chi connectivity index (χ0) is 16.7. The predicted octanol–water partition coefficient (Wildman–Crippen LogP) is 4.38. The van der Waals surface area contributed by atoms with Crippen LogP contribution in [-0.4, -0.2) is 11.8 Å². The van der Waals surface area contributed by atoms with Gasteiger partial charge < -0.3 is 10.6 Å². The highest BCUT2D eigenvalue weighted by atomic mass is 16.2. The van der Waals surface area contributed by atoms with Crippen LogP contribution in [0, 0.1) is 6.92 Å². The molecule has 4 heteroatoms. The Morgan fingerprint density at radius 1 is 0.957 bits per heavy atom. The van der Waals surface area contributed by atoms with Crippen molar-refractivity contribution in [3.8, 4) is 0 Å². The lowest BCUT2D eigenvalue weighted by atomic mass is 10.1. The summed E-state index contributed by atoms with van der Waals surface area (Å²) < 4.78 is 0. The van der Waals surface area contributed by atoms with Gasteiger partial charge in [0.1, 0.15) is 0 Å². The van der Waals surface area contributed by atoms with Gasteiger partial charge >= 0.3 is 0 Å². The van der Waals surface area contributed by atoms with E-state index in [-0.39, 0.29) is 11.8 Å². The van der Waals surface area contributed by atoms with Gasteiger partial charge in [0.25, 0.3) is 5.91 Å². The van der Waals surface area contributed by atoms with Gasteiger partial charge in [0.15, 0.2) is 0 Å². The van der Waals surface area contributed by atoms with Crippen molar-refractivity contribution in [3.05, 3.63) is 59.7 Å². The standard InChI is InChI=1S/C19H22N2O2/c1-3-4-11-18(22)20-16-9-6-10-17(13-16)21-19(23)15-8-5-7-14(2)12-15/h5-10,12-13H,3-4,11H2,1-2H3,(H,20,22)(H,21,23). The average Bonchev–Trinajstić information content (AvgIpc) is 2.53. The highest BCUT2D eigenvalue weighted by Crippen LogP contribution is 2.17. The van der Waals surface area contributed by atoms with Crippen LogP contribution in [0.25, 0.3) is 0 Å². The van der Waals surface area contributed by atoms with Gasteiger partial charge in [0, 0.05) is 23.4 Å². The Morgan fingerprint density at radius 2 is 1.65 bits per heavy atom. The summed E-state index contributed by atoms with van der Waals surface area (Å²) in [5.74, 6) is -0.169. The van der Waals surface area contributed by atoms with Gasteiger partial charge in [-0.2, -0.15) is 0 Å². The van der Waals surface area contributed by atoms with E-state index in [1.165, 1.54) is 0 Å². The fourth-order valence-corrected chi connectivity index (χ4v) is 2.23. The van der Waals surface area contributed by atoms with Gasteiger partial charge in [0.2, 0.25) is 5.91 Å². The van der Waals surface area contributed by atoms with Crippen LogP contribution in [-0.2, 0) is 4.79 Å². The highest BCUT2D eigenvalue weighted by Gasteiger charge is 2.07. The molecule has 0 atom stereocenters. The van der Waals surface area contributed by atoms with Gasteiger partial charge in [0.05, 0.1) is 0 Å². The lowest BCUT2D eigenvalue weighted by Gasteiger charge is -2.09. The van der Waals surface area contributed by atoms with E-state index in [0.717, 1.165) is 18.4 Å². The van der Waals surface area contributed by atoms with Gasteiger partial charge in [-0.15, -0.1) is 0 Å². The van der Waals surface area contributed by atoms with E-state index in [1.807, 2.05) is 31.2 Å². The Kier molecular flexibility index (Phi) is 5.92. The zero-order valence-electron chi connectivity index (χ0n) is 13.6. The van der Waals surface area contributed by atoms with Crippen LogP contribution in [0.2, 0.25) is 0 Å². The molecule has 0 aromatic heterocycles. The quantitative estimate of drug-likeness (QED) is 0.832. The SMILES string of the molecule is CCCCC(=O)Nc1cccc(NC(=O)c2cccc(C)c2)c1. The number of unbranched alkanes of at least 4 members (excludes halogenated alkanes) is 1. The van der Waals surface area contributed by atoms with Gasteiger partial charge in [-0.1, -0.05) is 37.1 Å². The maximum atomic E-state index is 12.2. The molecule has 0 saturated carbocycles. The third kappa shape index (κ3) is 5.25. The van der Waals surface area contributed by atoms with Crippen LogP contribution in [0.3, 0.4) is 0 Å².